The predicted octanol–water partition coefficient (Wildman–Crippen LogP) is 0.484. The minimum Gasteiger partial charge on any atom is -0.497 e. The Labute approximate surface area is 178 Å². The number of methoxy groups -OCH3 is 1. The maximum Gasteiger partial charge on any atom is 0.229 e. The second-order valence-corrected chi connectivity index (χ2v) is 7.87. The molecule has 0 spiro atoms. The Hall–Kier alpha value is -2.56. The van der Waals surface area contributed by atoms with Crippen molar-refractivity contribution in [3.63, 3.8) is 0 Å². The standard InChI is InChI=1S/C22H24O9/c1-27-10-2-4-12-14-9-28-15-7-11(3-5-13(15)21(14)30-16(12)6-10)29-22-20(26)19(25)18(24)17(8-23)31-22/h2-7,14,17-26H,8-9H2,1H3/t14-,17?,18?,19?,20?,21-,22?/m0/s1. The molecule has 4 N–H and O–H groups in total. The summed E-state index contributed by atoms with van der Waals surface area (Å²) in [4.78, 5) is 0. The van der Waals surface area contributed by atoms with Gasteiger partial charge in [-0.05, 0) is 18.2 Å². The molecule has 0 amide bonds. The molecule has 9 heteroatoms. The van der Waals surface area contributed by atoms with Crippen molar-refractivity contribution in [1.82, 2.24) is 0 Å². The van der Waals surface area contributed by atoms with Crippen molar-refractivity contribution in [3.8, 4) is 23.0 Å². The number of rotatable bonds is 4. The van der Waals surface area contributed by atoms with Gasteiger partial charge in [0.15, 0.2) is 0 Å². The predicted molar refractivity (Wildman–Crippen MR) is 105 cm³/mol. The van der Waals surface area contributed by atoms with Gasteiger partial charge in [0.2, 0.25) is 6.29 Å². The highest BCUT2D eigenvalue weighted by atomic mass is 16.7. The molecule has 3 heterocycles. The zero-order valence-electron chi connectivity index (χ0n) is 16.7. The highest BCUT2D eigenvalue weighted by molar-refractivity contribution is 5.52. The number of aliphatic hydroxyl groups excluding tert-OH is 4. The van der Waals surface area contributed by atoms with Crippen LogP contribution in [0.2, 0.25) is 0 Å². The fraction of sp³-hybridized carbons (Fsp3) is 0.455. The van der Waals surface area contributed by atoms with Gasteiger partial charge in [0.1, 0.15) is 53.5 Å². The zero-order valence-corrected chi connectivity index (χ0v) is 16.7. The van der Waals surface area contributed by atoms with Crippen molar-refractivity contribution < 1.29 is 44.1 Å². The van der Waals surface area contributed by atoms with Crippen LogP contribution < -0.4 is 18.9 Å². The lowest BCUT2D eigenvalue weighted by molar-refractivity contribution is -0.277. The van der Waals surface area contributed by atoms with Gasteiger partial charge in [-0.3, -0.25) is 0 Å². The molecule has 3 aliphatic heterocycles. The van der Waals surface area contributed by atoms with E-state index in [0.29, 0.717) is 18.1 Å². The van der Waals surface area contributed by atoms with Crippen LogP contribution in [0.3, 0.4) is 0 Å². The molecule has 0 aromatic heterocycles. The molecule has 0 aliphatic carbocycles. The van der Waals surface area contributed by atoms with Gasteiger partial charge >= 0.3 is 0 Å². The number of hydrogen-bond acceptors (Lipinski definition) is 9. The Morgan fingerprint density at radius 1 is 0.935 bits per heavy atom. The topological polar surface area (TPSA) is 127 Å². The fourth-order valence-electron chi connectivity index (χ4n) is 4.32. The number of aliphatic hydroxyl groups is 4. The van der Waals surface area contributed by atoms with Crippen LogP contribution in [-0.4, -0.2) is 71.5 Å². The van der Waals surface area contributed by atoms with Crippen molar-refractivity contribution in [1.29, 1.82) is 0 Å². The molecule has 9 nitrogen and oxygen atoms in total. The number of hydrogen-bond donors (Lipinski definition) is 4. The average molecular weight is 432 g/mol. The molecule has 31 heavy (non-hydrogen) atoms. The van der Waals surface area contributed by atoms with Crippen LogP contribution in [0, 0.1) is 0 Å². The third-order valence-electron chi connectivity index (χ3n) is 6.05. The fourth-order valence-corrected chi connectivity index (χ4v) is 4.32. The van der Waals surface area contributed by atoms with E-state index in [0.717, 1.165) is 22.6 Å². The second-order valence-electron chi connectivity index (χ2n) is 7.87. The maximum atomic E-state index is 10.2. The molecule has 2 aromatic carbocycles. The molecular weight excluding hydrogens is 408 g/mol. The summed E-state index contributed by atoms with van der Waals surface area (Å²) >= 11 is 0. The highest BCUT2D eigenvalue weighted by Crippen LogP contribution is 2.52. The minimum absolute atomic E-state index is 0.0608. The Balaban J connectivity index is 1.36. The van der Waals surface area contributed by atoms with Crippen molar-refractivity contribution in [2.75, 3.05) is 20.3 Å². The summed E-state index contributed by atoms with van der Waals surface area (Å²) in [7, 11) is 1.61. The van der Waals surface area contributed by atoms with Gasteiger partial charge < -0.3 is 44.1 Å². The lowest BCUT2D eigenvalue weighted by atomic mass is 9.89. The Kier molecular flexibility index (Phi) is 5.15. The van der Waals surface area contributed by atoms with E-state index < -0.39 is 37.3 Å². The number of benzene rings is 2. The third kappa shape index (κ3) is 3.38. The Morgan fingerprint density at radius 3 is 2.45 bits per heavy atom. The lowest BCUT2D eigenvalue weighted by Crippen LogP contribution is -2.60. The van der Waals surface area contributed by atoms with Crippen LogP contribution in [0.5, 0.6) is 23.0 Å². The summed E-state index contributed by atoms with van der Waals surface area (Å²) in [5.74, 6) is 2.49. The third-order valence-corrected chi connectivity index (χ3v) is 6.05. The van der Waals surface area contributed by atoms with E-state index in [1.54, 1.807) is 19.2 Å². The van der Waals surface area contributed by atoms with Crippen LogP contribution in [0.1, 0.15) is 23.1 Å². The van der Waals surface area contributed by atoms with E-state index in [-0.39, 0.29) is 12.0 Å². The first-order valence-electron chi connectivity index (χ1n) is 10.1. The smallest absolute Gasteiger partial charge is 0.229 e. The van der Waals surface area contributed by atoms with Gasteiger partial charge in [0, 0.05) is 23.3 Å². The summed E-state index contributed by atoms with van der Waals surface area (Å²) in [5.41, 5.74) is 1.94. The van der Waals surface area contributed by atoms with Crippen LogP contribution in [0.4, 0.5) is 0 Å². The summed E-state index contributed by atoms with van der Waals surface area (Å²) < 4.78 is 28.5. The molecular formula is C22H24O9. The molecule has 0 saturated carbocycles. The van der Waals surface area contributed by atoms with Crippen LogP contribution >= 0.6 is 0 Å². The van der Waals surface area contributed by atoms with Gasteiger partial charge in [-0.15, -0.1) is 0 Å². The SMILES string of the molecule is COc1ccc2c(c1)O[C@H]1c3ccc(OC4OC(CO)C(O)C(O)C4O)cc3OC[C@@H]21. The van der Waals surface area contributed by atoms with Gasteiger partial charge in [-0.25, -0.2) is 0 Å². The van der Waals surface area contributed by atoms with E-state index in [4.69, 9.17) is 23.7 Å². The largest absolute Gasteiger partial charge is 0.497 e. The van der Waals surface area contributed by atoms with Gasteiger partial charge in [0.05, 0.1) is 26.2 Å². The van der Waals surface area contributed by atoms with Gasteiger partial charge in [-0.1, -0.05) is 6.07 Å². The highest BCUT2D eigenvalue weighted by Gasteiger charge is 2.45. The van der Waals surface area contributed by atoms with Gasteiger partial charge in [0.25, 0.3) is 0 Å². The first-order chi connectivity index (χ1) is 15.0. The molecule has 0 bridgehead atoms. The summed E-state index contributed by atoms with van der Waals surface area (Å²) in [6.45, 7) is -0.0929. The number of fused-ring (bicyclic) bond motifs is 5. The van der Waals surface area contributed by atoms with Crippen molar-refractivity contribution >= 4 is 0 Å². The van der Waals surface area contributed by atoms with Gasteiger partial charge in [-0.2, -0.15) is 0 Å². The molecule has 7 atom stereocenters. The van der Waals surface area contributed by atoms with E-state index in [9.17, 15) is 20.4 Å². The first-order valence-corrected chi connectivity index (χ1v) is 10.1. The van der Waals surface area contributed by atoms with Crippen LogP contribution in [0.25, 0.3) is 0 Å². The van der Waals surface area contributed by atoms with E-state index in [1.807, 2.05) is 24.3 Å². The molecule has 0 radical (unpaired) electrons. The Morgan fingerprint density at radius 2 is 1.68 bits per heavy atom. The van der Waals surface area contributed by atoms with Crippen LogP contribution in [0.15, 0.2) is 36.4 Å². The normalized spacial score (nSPS) is 33.4. The average Bonchev–Trinajstić information content (AvgIpc) is 3.17. The summed E-state index contributed by atoms with van der Waals surface area (Å²) in [5, 5.41) is 39.4. The second kappa shape index (κ2) is 7.85. The summed E-state index contributed by atoms with van der Waals surface area (Å²) in [6, 6.07) is 10.9. The maximum absolute atomic E-state index is 10.2. The Bertz CT molecular complexity index is 962. The molecule has 3 aliphatic rings. The molecule has 2 aromatic rings. The number of ether oxygens (including phenoxy) is 5. The molecule has 5 rings (SSSR count). The van der Waals surface area contributed by atoms with Crippen molar-refractivity contribution in [2.45, 2.75) is 42.7 Å². The molecule has 1 fully saturated rings. The zero-order chi connectivity index (χ0) is 21.7. The summed E-state index contributed by atoms with van der Waals surface area (Å²) in [6.07, 6.45) is -6.94. The van der Waals surface area contributed by atoms with E-state index in [2.05, 4.69) is 0 Å². The van der Waals surface area contributed by atoms with Crippen LogP contribution in [-0.2, 0) is 4.74 Å². The quantitative estimate of drug-likeness (QED) is 0.546. The molecule has 166 valence electrons. The van der Waals surface area contributed by atoms with E-state index >= 15 is 0 Å². The lowest BCUT2D eigenvalue weighted by Gasteiger charge is -2.39. The minimum atomic E-state index is -1.51. The van der Waals surface area contributed by atoms with Crippen molar-refractivity contribution in [2.24, 2.45) is 0 Å². The monoisotopic (exact) mass is 432 g/mol. The first kappa shape index (κ1) is 20.3. The van der Waals surface area contributed by atoms with Crippen molar-refractivity contribution in [3.05, 3.63) is 47.5 Å². The molecule has 5 unspecified atom stereocenters. The van der Waals surface area contributed by atoms with E-state index in [1.165, 1.54) is 0 Å². The molecule has 1 saturated heterocycles.